The number of hydrogen-bond donors (Lipinski definition) is 2. The van der Waals surface area contributed by atoms with E-state index >= 15 is 0 Å². The standard InChI is InChI=1S/C18H26N4O3S/c1-18(2,3)25-17(24)22-8-6-12(7-9-22)19-10-13-4-5-14-16(20-13)21-15(23)11-26-14/h4-5,12,19H,6-11H2,1-3H3,(H,20,21,23). The Labute approximate surface area is 158 Å². The molecule has 2 N–H and O–H groups in total. The molecule has 0 radical (unpaired) electrons. The van der Waals surface area contributed by atoms with Gasteiger partial charge in [-0.05, 0) is 45.7 Å². The third-order valence-corrected chi connectivity index (χ3v) is 5.30. The van der Waals surface area contributed by atoms with Crippen LogP contribution in [0.3, 0.4) is 0 Å². The van der Waals surface area contributed by atoms with Crippen LogP contribution in [0.4, 0.5) is 10.6 Å². The van der Waals surface area contributed by atoms with Crippen molar-refractivity contribution in [1.29, 1.82) is 0 Å². The van der Waals surface area contributed by atoms with Gasteiger partial charge in [-0.3, -0.25) is 4.79 Å². The highest BCUT2D eigenvalue weighted by Crippen LogP contribution is 2.29. The Bertz CT molecular complexity index is 682. The topological polar surface area (TPSA) is 83.6 Å². The second kappa shape index (κ2) is 7.84. The normalized spacial score (nSPS) is 18.3. The van der Waals surface area contributed by atoms with Gasteiger partial charge in [0.2, 0.25) is 5.91 Å². The van der Waals surface area contributed by atoms with Crippen molar-refractivity contribution in [3.63, 3.8) is 0 Å². The van der Waals surface area contributed by atoms with Gasteiger partial charge < -0.3 is 20.3 Å². The van der Waals surface area contributed by atoms with Crippen molar-refractivity contribution in [2.45, 2.75) is 56.7 Å². The molecule has 3 heterocycles. The van der Waals surface area contributed by atoms with Crippen LogP contribution >= 0.6 is 11.8 Å². The summed E-state index contributed by atoms with van der Waals surface area (Å²) in [4.78, 5) is 30.9. The Morgan fingerprint density at radius 1 is 1.38 bits per heavy atom. The second-order valence-corrected chi connectivity index (χ2v) is 8.63. The molecule has 3 rings (SSSR count). The highest BCUT2D eigenvalue weighted by atomic mass is 32.2. The molecule has 26 heavy (non-hydrogen) atoms. The molecular weight excluding hydrogens is 352 g/mol. The van der Waals surface area contributed by atoms with E-state index in [1.54, 1.807) is 4.90 Å². The molecule has 8 heteroatoms. The zero-order valence-electron chi connectivity index (χ0n) is 15.5. The number of likely N-dealkylation sites (tertiary alicyclic amines) is 1. The molecule has 1 aromatic heterocycles. The van der Waals surface area contributed by atoms with Gasteiger partial charge in [-0.2, -0.15) is 0 Å². The number of amides is 2. The lowest BCUT2D eigenvalue weighted by Gasteiger charge is -2.33. The third kappa shape index (κ3) is 5.11. The first-order valence-electron chi connectivity index (χ1n) is 8.94. The Kier molecular flexibility index (Phi) is 5.72. The first-order chi connectivity index (χ1) is 12.3. The Morgan fingerprint density at radius 3 is 2.81 bits per heavy atom. The number of pyridine rings is 1. The lowest BCUT2D eigenvalue weighted by molar-refractivity contribution is -0.113. The fourth-order valence-corrected chi connectivity index (χ4v) is 3.70. The highest BCUT2D eigenvalue weighted by molar-refractivity contribution is 8.00. The molecule has 0 bridgehead atoms. The Balaban J connectivity index is 1.46. The number of ether oxygens (including phenoxy) is 1. The van der Waals surface area contributed by atoms with Crippen LogP contribution in [0.5, 0.6) is 0 Å². The van der Waals surface area contributed by atoms with Gasteiger partial charge in [0.05, 0.1) is 16.3 Å². The zero-order chi connectivity index (χ0) is 18.7. The SMILES string of the molecule is CC(C)(C)OC(=O)N1CCC(NCc2ccc3c(n2)NC(=O)CS3)CC1. The first-order valence-corrected chi connectivity index (χ1v) is 9.92. The highest BCUT2D eigenvalue weighted by Gasteiger charge is 2.26. The second-order valence-electron chi connectivity index (χ2n) is 7.61. The van der Waals surface area contributed by atoms with Crippen molar-refractivity contribution in [2.75, 3.05) is 24.2 Å². The van der Waals surface area contributed by atoms with E-state index < -0.39 is 5.60 Å². The molecule has 0 aromatic carbocycles. The summed E-state index contributed by atoms with van der Waals surface area (Å²) in [5.74, 6) is 1.10. The number of nitrogens with zero attached hydrogens (tertiary/aromatic N) is 2. The quantitative estimate of drug-likeness (QED) is 0.841. The molecule has 2 aliphatic heterocycles. The average Bonchev–Trinajstić information content (AvgIpc) is 2.58. The lowest BCUT2D eigenvalue weighted by atomic mass is 10.1. The monoisotopic (exact) mass is 378 g/mol. The molecule has 0 aliphatic carbocycles. The van der Waals surface area contributed by atoms with E-state index in [0.717, 1.165) is 23.4 Å². The zero-order valence-corrected chi connectivity index (χ0v) is 16.3. The van der Waals surface area contributed by atoms with Crippen LogP contribution in [0.2, 0.25) is 0 Å². The van der Waals surface area contributed by atoms with E-state index in [1.165, 1.54) is 11.8 Å². The molecular formula is C18H26N4O3S. The third-order valence-electron chi connectivity index (χ3n) is 4.25. The number of fused-ring (bicyclic) bond motifs is 1. The molecule has 1 aromatic rings. The maximum absolute atomic E-state index is 12.1. The van der Waals surface area contributed by atoms with E-state index in [1.807, 2.05) is 32.9 Å². The van der Waals surface area contributed by atoms with Crippen LogP contribution in [0.1, 0.15) is 39.3 Å². The number of piperidine rings is 1. The van der Waals surface area contributed by atoms with Crippen LogP contribution < -0.4 is 10.6 Å². The molecule has 0 spiro atoms. The van der Waals surface area contributed by atoms with Crippen molar-refractivity contribution < 1.29 is 14.3 Å². The van der Waals surface area contributed by atoms with Crippen molar-refractivity contribution in [3.8, 4) is 0 Å². The minimum atomic E-state index is -0.460. The average molecular weight is 378 g/mol. The number of rotatable bonds is 3. The predicted molar refractivity (Wildman–Crippen MR) is 101 cm³/mol. The van der Waals surface area contributed by atoms with Gasteiger partial charge >= 0.3 is 6.09 Å². The van der Waals surface area contributed by atoms with E-state index in [9.17, 15) is 9.59 Å². The molecule has 2 amide bonds. The van der Waals surface area contributed by atoms with Crippen LogP contribution in [-0.4, -0.2) is 52.4 Å². The fourth-order valence-electron chi connectivity index (χ4n) is 2.94. The van der Waals surface area contributed by atoms with Crippen molar-refractivity contribution in [1.82, 2.24) is 15.2 Å². The number of hydrogen-bond acceptors (Lipinski definition) is 6. The van der Waals surface area contributed by atoms with E-state index in [4.69, 9.17) is 4.74 Å². The van der Waals surface area contributed by atoms with Gasteiger partial charge in [-0.25, -0.2) is 9.78 Å². The fraction of sp³-hybridized carbons (Fsp3) is 0.611. The van der Waals surface area contributed by atoms with E-state index in [2.05, 4.69) is 15.6 Å². The van der Waals surface area contributed by atoms with Crippen LogP contribution in [-0.2, 0) is 16.1 Å². The molecule has 1 saturated heterocycles. The van der Waals surface area contributed by atoms with Crippen LogP contribution in [0.25, 0.3) is 0 Å². The van der Waals surface area contributed by atoms with E-state index in [-0.39, 0.29) is 12.0 Å². The minimum absolute atomic E-state index is 0.00498. The molecule has 0 saturated carbocycles. The number of anilines is 1. The molecule has 0 atom stereocenters. The summed E-state index contributed by atoms with van der Waals surface area (Å²) in [7, 11) is 0. The van der Waals surface area contributed by atoms with Gasteiger partial charge in [0.25, 0.3) is 0 Å². The summed E-state index contributed by atoms with van der Waals surface area (Å²) in [6.07, 6.45) is 1.54. The molecule has 2 aliphatic rings. The van der Waals surface area contributed by atoms with Crippen LogP contribution in [0.15, 0.2) is 17.0 Å². The lowest BCUT2D eigenvalue weighted by Crippen LogP contribution is -2.46. The number of carbonyl (C=O) groups excluding carboxylic acids is 2. The summed E-state index contributed by atoms with van der Waals surface area (Å²) in [6, 6.07) is 4.34. The summed E-state index contributed by atoms with van der Waals surface area (Å²) in [6.45, 7) is 7.67. The summed E-state index contributed by atoms with van der Waals surface area (Å²) >= 11 is 1.51. The maximum Gasteiger partial charge on any atom is 0.410 e. The largest absolute Gasteiger partial charge is 0.444 e. The number of carbonyl (C=O) groups is 2. The number of aromatic nitrogens is 1. The summed E-state index contributed by atoms with van der Waals surface area (Å²) in [5, 5.41) is 6.32. The molecule has 0 unspecified atom stereocenters. The minimum Gasteiger partial charge on any atom is -0.444 e. The first kappa shape index (κ1) is 19.0. The molecule has 1 fully saturated rings. The Morgan fingerprint density at radius 2 is 2.12 bits per heavy atom. The molecule has 7 nitrogen and oxygen atoms in total. The summed E-state index contributed by atoms with van der Waals surface area (Å²) < 4.78 is 5.42. The van der Waals surface area contributed by atoms with Gasteiger partial charge in [0.1, 0.15) is 11.4 Å². The number of nitrogens with one attached hydrogen (secondary N) is 2. The van der Waals surface area contributed by atoms with Crippen molar-refractivity contribution in [2.24, 2.45) is 0 Å². The van der Waals surface area contributed by atoms with Crippen LogP contribution in [0, 0.1) is 0 Å². The van der Waals surface area contributed by atoms with E-state index in [0.29, 0.717) is 37.2 Å². The van der Waals surface area contributed by atoms with Gasteiger partial charge in [-0.1, -0.05) is 0 Å². The van der Waals surface area contributed by atoms with Crippen molar-refractivity contribution in [3.05, 3.63) is 17.8 Å². The molecule has 142 valence electrons. The summed E-state index contributed by atoms with van der Waals surface area (Å²) in [5.41, 5.74) is 0.444. The predicted octanol–water partition coefficient (Wildman–Crippen LogP) is 2.61. The van der Waals surface area contributed by atoms with Gasteiger partial charge in [0.15, 0.2) is 0 Å². The van der Waals surface area contributed by atoms with Gasteiger partial charge in [-0.15, -0.1) is 11.8 Å². The number of thioether (sulfide) groups is 1. The van der Waals surface area contributed by atoms with Crippen molar-refractivity contribution >= 4 is 29.6 Å². The Hall–Kier alpha value is -1.80. The smallest absolute Gasteiger partial charge is 0.410 e. The maximum atomic E-state index is 12.1. The van der Waals surface area contributed by atoms with Gasteiger partial charge in [0, 0.05) is 25.7 Å².